The van der Waals surface area contributed by atoms with Crippen molar-refractivity contribution in [2.45, 2.75) is 12.8 Å². The molecule has 1 heterocycles. The van der Waals surface area contributed by atoms with Crippen molar-refractivity contribution in [3.05, 3.63) is 23.8 Å². The molecule has 1 aromatic heterocycles. The zero-order valence-corrected chi connectivity index (χ0v) is 4.46. The molecule has 0 saturated heterocycles. The van der Waals surface area contributed by atoms with Gasteiger partial charge in [-0.1, -0.05) is 0 Å². The van der Waals surface area contributed by atoms with Crippen LogP contribution in [-0.4, -0.2) is 9.97 Å². The molecule has 2 nitrogen and oxygen atoms in total. The predicted octanol–water partition coefficient (Wildman–Crippen LogP) is 0.575. The van der Waals surface area contributed by atoms with Crippen LogP contribution in [-0.2, 0) is 12.8 Å². The Bertz CT molecular complexity index is 184. The van der Waals surface area contributed by atoms with Crippen molar-refractivity contribution >= 4 is 0 Å². The Hall–Kier alpha value is -0.920. The molecule has 0 unspecified atom stereocenters. The average Bonchev–Trinajstić information content (AvgIpc) is 1.72. The highest BCUT2D eigenvalue weighted by molar-refractivity contribution is 5.25. The van der Waals surface area contributed by atoms with E-state index in [-0.39, 0.29) is 0 Å². The van der Waals surface area contributed by atoms with Gasteiger partial charge < -0.3 is 0 Å². The molecular weight excluding hydrogens is 100 g/mol. The second kappa shape index (κ2) is 1.28. The summed E-state index contributed by atoms with van der Waals surface area (Å²) < 4.78 is 0. The van der Waals surface area contributed by atoms with E-state index in [4.69, 9.17) is 0 Å². The standard InChI is InChI=1S/C6H6N2/c1-2-6-5(1)3-7-4-8-6/h3-4H,1-2H2. The molecule has 8 heavy (non-hydrogen) atoms. The Labute approximate surface area is 47.6 Å². The van der Waals surface area contributed by atoms with Crippen LogP contribution >= 0.6 is 0 Å². The molecule has 1 aliphatic carbocycles. The van der Waals surface area contributed by atoms with E-state index in [1.165, 1.54) is 17.7 Å². The van der Waals surface area contributed by atoms with Gasteiger partial charge in [-0.3, -0.25) is 0 Å². The lowest BCUT2D eigenvalue weighted by molar-refractivity contribution is 0.771. The molecule has 0 aliphatic heterocycles. The van der Waals surface area contributed by atoms with Crippen molar-refractivity contribution < 1.29 is 0 Å². The lowest BCUT2D eigenvalue weighted by Gasteiger charge is -2.13. The summed E-state index contributed by atoms with van der Waals surface area (Å²) in [6.07, 6.45) is 5.83. The minimum absolute atomic E-state index is 1.15. The third-order valence-electron chi connectivity index (χ3n) is 1.51. The topological polar surface area (TPSA) is 25.8 Å². The lowest BCUT2D eigenvalue weighted by Crippen LogP contribution is -2.10. The molecule has 0 N–H and O–H groups in total. The fourth-order valence-electron chi connectivity index (χ4n) is 0.894. The summed E-state index contributed by atoms with van der Waals surface area (Å²) in [5.74, 6) is 0. The summed E-state index contributed by atoms with van der Waals surface area (Å²) >= 11 is 0. The lowest BCUT2D eigenvalue weighted by atomic mass is 9.96. The van der Waals surface area contributed by atoms with Crippen LogP contribution in [0.5, 0.6) is 0 Å². The SMILES string of the molecule is c1ncc2c(n1)CC2. The van der Waals surface area contributed by atoms with Gasteiger partial charge in [-0.15, -0.1) is 0 Å². The van der Waals surface area contributed by atoms with E-state index < -0.39 is 0 Å². The highest BCUT2D eigenvalue weighted by atomic mass is 14.8. The van der Waals surface area contributed by atoms with E-state index in [9.17, 15) is 0 Å². The molecule has 0 spiro atoms. The van der Waals surface area contributed by atoms with Gasteiger partial charge in [0.15, 0.2) is 0 Å². The highest BCUT2D eigenvalue weighted by Crippen LogP contribution is 2.16. The van der Waals surface area contributed by atoms with Gasteiger partial charge in [0.2, 0.25) is 0 Å². The van der Waals surface area contributed by atoms with Gasteiger partial charge >= 0.3 is 0 Å². The summed E-state index contributed by atoms with van der Waals surface area (Å²) in [7, 11) is 0. The average molecular weight is 106 g/mol. The van der Waals surface area contributed by atoms with Crippen molar-refractivity contribution in [2.75, 3.05) is 0 Å². The van der Waals surface area contributed by atoms with E-state index in [0.717, 1.165) is 6.42 Å². The summed E-state index contributed by atoms with van der Waals surface area (Å²) in [5, 5.41) is 0. The van der Waals surface area contributed by atoms with Crippen LogP contribution in [0.25, 0.3) is 0 Å². The highest BCUT2D eigenvalue weighted by Gasteiger charge is 2.12. The van der Waals surface area contributed by atoms with Crippen LogP contribution in [0.4, 0.5) is 0 Å². The van der Waals surface area contributed by atoms with Gasteiger partial charge in [-0.05, 0) is 18.4 Å². The minimum Gasteiger partial charge on any atom is -0.245 e. The molecule has 0 saturated carbocycles. The van der Waals surface area contributed by atoms with Gasteiger partial charge in [0.25, 0.3) is 0 Å². The first-order chi connectivity index (χ1) is 3.97. The zero-order valence-electron chi connectivity index (χ0n) is 4.46. The first kappa shape index (κ1) is 4.01. The van der Waals surface area contributed by atoms with Gasteiger partial charge in [-0.2, -0.15) is 0 Å². The molecule has 2 heteroatoms. The maximum atomic E-state index is 4.05. The van der Waals surface area contributed by atoms with Gasteiger partial charge in [0.05, 0.1) is 0 Å². The smallest absolute Gasteiger partial charge is 0.115 e. The third kappa shape index (κ3) is 0.372. The number of rotatable bonds is 0. The Morgan fingerprint density at radius 1 is 1.38 bits per heavy atom. The first-order valence-electron chi connectivity index (χ1n) is 2.74. The molecular formula is C6H6N2. The summed E-state index contributed by atoms with van der Waals surface area (Å²) in [6, 6.07) is 0. The zero-order chi connectivity index (χ0) is 5.40. The van der Waals surface area contributed by atoms with Crippen molar-refractivity contribution in [3.8, 4) is 0 Å². The van der Waals surface area contributed by atoms with Gasteiger partial charge in [-0.25, -0.2) is 9.97 Å². The normalized spacial score (nSPS) is 14.5. The molecule has 0 amide bonds. The number of hydrogen-bond donors (Lipinski definition) is 0. The maximum absolute atomic E-state index is 4.05. The number of nitrogens with zero attached hydrogens (tertiary/aromatic N) is 2. The van der Waals surface area contributed by atoms with Crippen molar-refractivity contribution in [2.24, 2.45) is 0 Å². The Kier molecular flexibility index (Phi) is 0.640. The van der Waals surface area contributed by atoms with Crippen LogP contribution < -0.4 is 0 Å². The second-order valence-corrected chi connectivity index (χ2v) is 1.99. The predicted molar refractivity (Wildman–Crippen MR) is 29.4 cm³/mol. The third-order valence-corrected chi connectivity index (χ3v) is 1.51. The molecule has 2 rings (SSSR count). The molecule has 40 valence electrons. The Morgan fingerprint density at radius 3 is 2.75 bits per heavy atom. The van der Waals surface area contributed by atoms with Crippen LogP contribution in [0.15, 0.2) is 12.5 Å². The van der Waals surface area contributed by atoms with Crippen LogP contribution in [0.1, 0.15) is 11.3 Å². The maximum Gasteiger partial charge on any atom is 0.115 e. The van der Waals surface area contributed by atoms with E-state index in [1.54, 1.807) is 6.33 Å². The molecule has 0 fully saturated rings. The molecule has 0 radical (unpaired) electrons. The summed E-state index contributed by atoms with van der Waals surface area (Å²) in [6.45, 7) is 0. The quantitative estimate of drug-likeness (QED) is 0.483. The van der Waals surface area contributed by atoms with Crippen molar-refractivity contribution in [1.29, 1.82) is 0 Å². The molecule has 0 aromatic carbocycles. The first-order valence-corrected chi connectivity index (χ1v) is 2.74. The van der Waals surface area contributed by atoms with Crippen LogP contribution in [0, 0.1) is 0 Å². The fraction of sp³-hybridized carbons (Fsp3) is 0.333. The molecule has 1 aliphatic rings. The van der Waals surface area contributed by atoms with E-state index >= 15 is 0 Å². The van der Waals surface area contributed by atoms with Gasteiger partial charge in [0, 0.05) is 11.9 Å². The molecule has 0 bridgehead atoms. The monoisotopic (exact) mass is 106 g/mol. The van der Waals surface area contributed by atoms with E-state index in [2.05, 4.69) is 9.97 Å². The summed E-state index contributed by atoms with van der Waals surface area (Å²) in [4.78, 5) is 7.94. The number of fused-ring (bicyclic) bond motifs is 1. The van der Waals surface area contributed by atoms with Gasteiger partial charge in [0.1, 0.15) is 6.33 Å². The van der Waals surface area contributed by atoms with E-state index in [0.29, 0.717) is 0 Å². The fourth-order valence-corrected chi connectivity index (χ4v) is 0.894. The number of aryl methyl sites for hydroxylation is 2. The molecule has 0 atom stereocenters. The van der Waals surface area contributed by atoms with Crippen LogP contribution in [0.2, 0.25) is 0 Å². The number of aromatic nitrogens is 2. The number of hydrogen-bond acceptors (Lipinski definition) is 2. The Morgan fingerprint density at radius 2 is 2.38 bits per heavy atom. The largest absolute Gasteiger partial charge is 0.245 e. The van der Waals surface area contributed by atoms with E-state index in [1.807, 2.05) is 6.20 Å². The van der Waals surface area contributed by atoms with Crippen LogP contribution in [0.3, 0.4) is 0 Å². The second-order valence-electron chi connectivity index (χ2n) is 1.99. The minimum atomic E-state index is 1.15. The van der Waals surface area contributed by atoms with Crippen molar-refractivity contribution in [1.82, 2.24) is 9.97 Å². The van der Waals surface area contributed by atoms with Crippen molar-refractivity contribution in [3.63, 3.8) is 0 Å². The summed E-state index contributed by atoms with van der Waals surface area (Å²) in [5.41, 5.74) is 2.56. The Balaban J connectivity index is 2.62. The molecule has 1 aromatic rings.